The van der Waals surface area contributed by atoms with Gasteiger partial charge >= 0.3 is 12.1 Å². The molecule has 1 amide bonds. The molecular formula is C15H17N3O4. The molecule has 7 heteroatoms. The van der Waals surface area contributed by atoms with E-state index < -0.39 is 18.1 Å². The second-order valence-corrected chi connectivity index (χ2v) is 4.84. The number of aliphatic carboxylic acids is 1. The number of carboxylic acid groups (broad SMARTS) is 1. The molecule has 0 radical (unpaired) electrons. The lowest BCUT2D eigenvalue weighted by atomic mass is 10.2. The number of aryl methyl sites for hydroxylation is 1. The molecule has 0 spiro atoms. The number of alkyl carbamates (subject to hydrolysis) is 1. The molecule has 0 fully saturated rings. The summed E-state index contributed by atoms with van der Waals surface area (Å²) in [5.74, 6) is -1.15. The summed E-state index contributed by atoms with van der Waals surface area (Å²) in [5, 5.41) is 15.5. The molecule has 0 saturated carbocycles. The van der Waals surface area contributed by atoms with Crippen molar-refractivity contribution >= 4 is 12.1 Å². The molecule has 1 heterocycles. The zero-order valence-corrected chi connectivity index (χ0v) is 12.1. The Kier molecular flexibility index (Phi) is 5.13. The zero-order chi connectivity index (χ0) is 15.9. The number of hydrogen-bond donors (Lipinski definition) is 2. The van der Waals surface area contributed by atoms with Crippen LogP contribution in [0.2, 0.25) is 0 Å². The number of ether oxygens (including phenoxy) is 1. The molecule has 2 aromatic rings. The highest BCUT2D eigenvalue weighted by Crippen LogP contribution is 2.02. The Labute approximate surface area is 127 Å². The van der Waals surface area contributed by atoms with Crippen LogP contribution in [-0.4, -0.2) is 33.0 Å². The predicted octanol–water partition coefficient (Wildman–Crippen LogP) is 1.57. The van der Waals surface area contributed by atoms with Crippen LogP contribution < -0.4 is 5.32 Å². The van der Waals surface area contributed by atoms with Crippen LogP contribution in [0, 0.1) is 6.92 Å². The van der Waals surface area contributed by atoms with E-state index in [1.807, 2.05) is 37.3 Å². The number of carbonyl (C=O) groups excluding carboxylic acids is 1. The Balaban J connectivity index is 1.87. The number of nitrogens with zero attached hydrogens (tertiary/aromatic N) is 2. The maximum Gasteiger partial charge on any atom is 0.408 e. The number of hydrogen-bond acceptors (Lipinski definition) is 4. The molecular weight excluding hydrogens is 286 g/mol. The molecule has 1 aromatic heterocycles. The van der Waals surface area contributed by atoms with Crippen LogP contribution in [0.1, 0.15) is 11.1 Å². The average molecular weight is 303 g/mol. The van der Waals surface area contributed by atoms with Gasteiger partial charge in [-0.3, -0.25) is 4.68 Å². The first-order valence-electron chi connectivity index (χ1n) is 6.73. The lowest BCUT2D eigenvalue weighted by Crippen LogP contribution is -2.44. The molecule has 0 aliphatic heterocycles. The monoisotopic (exact) mass is 303 g/mol. The van der Waals surface area contributed by atoms with Crippen LogP contribution in [0.25, 0.3) is 0 Å². The second kappa shape index (κ2) is 7.26. The van der Waals surface area contributed by atoms with Crippen molar-refractivity contribution in [1.82, 2.24) is 15.1 Å². The van der Waals surface area contributed by atoms with Crippen molar-refractivity contribution in [3.8, 4) is 0 Å². The minimum absolute atomic E-state index is 0.0314. The quantitative estimate of drug-likeness (QED) is 0.845. The maximum atomic E-state index is 11.7. The van der Waals surface area contributed by atoms with E-state index in [2.05, 4.69) is 10.4 Å². The van der Waals surface area contributed by atoms with Crippen LogP contribution in [0.3, 0.4) is 0 Å². The molecule has 0 aliphatic carbocycles. The fourth-order valence-electron chi connectivity index (χ4n) is 1.85. The van der Waals surface area contributed by atoms with Crippen molar-refractivity contribution in [2.24, 2.45) is 0 Å². The predicted molar refractivity (Wildman–Crippen MR) is 78.2 cm³/mol. The molecule has 2 rings (SSSR count). The average Bonchev–Trinajstić information content (AvgIpc) is 2.91. The Morgan fingerprint density at radius 2 is 2.09 bits per heavy atom. The zero-order valence-electron chi connectivity index (χ0n) is 12.1. The van der Waals surface area contributed by atoms with E-state index in [1.54, 1.807) is 12.4 Å². The molecule has 22 heavy (non-hydrogen) atoms. The van der Waals surface area contributed by atoms with Crippen molar-refractivity contribution in [2.45, 2.75) is 26.1 Å². The van der Waals surface area contributed by atoms with Gasteiger partial charge in [0, 0.05) is 6.20 Å². The summed E-state index contributed by atoms with van der Waals surface area (Å²) in [7, 11) is 0. The molecule has 0 saturated heterocycles. The summed E-state index contributed by atoms with van der Waals surface area (Å²) < 4.78 is 6.47. The van der Waals surface area contributed by atoms with Gasteiger partial charge in [0.1, 0.15) is 12.6 Å². The summed E-state index contributed by atoms with van der Waals surface area (Å²) in [4.78, 5) is 22.9. The summed E-state index contributed by atoms with van der Waals surface area (Å²) in [6.07, 6.45) is 2.54. The van der Waals surface area contributed by atoms with Crippen LogP contribution in [0.4, 0.5) is 4.79 Å². The summed E-state index contributed by atoms with van der Waals surface area (Å²) in [6, 6.07) is 8.04. The SMILES string of the molecule is Cc1cnn(C[C@H](NC(=O)OCc2ccccc2)C(=O)O)c1. The summed E-state index contributed by atoms with van der Waals surface area (Å²) in [5.41, 5.74) is 1.74. The van der Waals surface area contributed by atoms with E-state index in [9.17, 15) is 9.59 Å². The largest absolute Gasteiger partial charge is 0.480 e. The Morgan fingerprint density at radius 1 is 1.36 bits per heavy atom. The number of carboxylic acids is 1. The molecule has 0 unspecified atom stereocenters. The van der Waals surface area contributed by atoms with Crippen LogP contribution in [0.15, 0.2) is 42.7 Å². The summed E-state index contributed by atoms with van der Waals surface area (Å²) >= 11 is 0. The van der Waals surface area contributed by atoms with Gasteiger partial charge in [0.2, 0.25) is 0 Å². The Bertz CT molecular complexity index is 639. The van der Waals surface area contributed by atoms with E-state index in [4.69, 9.17) is 9.84 Å². The topological polar surface area (TPSA) is 93.5 Å². The Hall–Kier alpha value is -2.83. The van der Waals surface area contributed by atoms with Gasteiger partial charge in [-0.15, -0.1) is 0 Å². The first kappa shape index (κ1) is 15.6. The van der Waals surface area contributed by atoms with Gasteiger partial charge in [-0.2, -0.15) is 5.10 Å². The molecule has 0 bridgehead atoms. The first-order valence-corrected chi connectivity index (χ1v) is 6.73. The summed E-state index contributed by atoms with van der Waals surface area (Å²) in [6.45, 7) is 1.96. The van der Waals surface area contributed by atoms with Crippen molar-refractivity contribution in [2.75, 3.05) is 0 Å². The number of benzene rings is 1. The van der Waals surface area contributed by atoms with Crippen molar-refractivity contribution in [1.29, 1.82) is 0 Å². The fourth-order valence-corrected chi connectivity index (χ4v) is 1.85. The number of nitrogens with one attached hydrogen (secondary N) is 1. The molecule has 1 atom stereocenters. The third kappa shape index (κ3) is 4.62. The smallest absolute Gasteiger partial charge is 0.408 e. The third-order valence-corrected chi connectivity index (χ3v) is 2.93. The highest BCUT2D eigenvalue weighted by Gasteiger charge is 2.21. The Morgan fingerprint density at radius 3 is 2.68 bits per heavy atom. The van der Waals surface area contributed by atoms with Gasteiger partial charge in [0.25, 0.3) is 0 Å². The molecule has 7 nitrogen and oxygen atoms in total. The van der Waals surface area contributed by atoms with Gasteiger partial charge < -0.3 is 15.2 Å². The molecule has 1 aromatic carbocycles. The van der Waals surface area contributed by atoms with E-state index in [0.717, 1.165) is 11.1 Å². The lowest BCUT2D eigenvalue weighted by molar-refractivity contribution is -0.139. The molecule has 116 valence electrons. The fraction of sp³-hybridized carbons (Fsp3) is 0.267. The molecule has 2 N–H and O–H groups in total. The number of aromatic nitrogens is 2. The normalized spacial score (nSPS) is 11.7. The van der Waals surface area contributed by atoms with E-state index in [0.29, 0.717) is 0 Å². The van der Waals surface area contributed by atoms with Crippen LogP contribution in [0.5, 0.6) is 0 Å². The standard InChI is InChI=1S/C15H17N3O4/c1-11-7-16-18(8-11)9-13(14(19)20)17-15(21)22-10-12-5-3-2-4-6-12/h2-8,13H,9-10H2,1H3,(H,17,21)(H,19,20)/t13-/m0/s1. The molecule has 0 aliphatic rings. The van der Waals surface area contributed by atoms with E-state index in [1.165, 1.54) is 4.68 Å². The number of amides is 1. The van der Waals surface area contributed by atoms with E-state index in [-0.39, 0.29) is 13.2 Å². The van der Waals surface area contributed by atoms with Gasteiger partial charge in [-0.05, 0) is 18.1 Å². The van der Waals surface area contributed by atoms with Gasteiger partial charge in [0.15, 0.2) is 0 Å². The minimum atomic E-state index is -1.15. The third-order valence-electron chi connectivity index (χ3n) is 2.93. The highest BCUT2D eigenvalue weighted by atomic mass is 16.5. The van der Waals surface area contributed by atoms with Crippen molar-refractivity contribution in [3.63, 3.8) is 0 Å². The van der Waals surface area contributed by atoms with E-state index >= 15 is 0 Å². The second-order valence-electron chi connectivity index (χ2n) is 4.84. The van der Waals surface area contributed by atoms with Crippen molar-refractivity contribution in [3.05, 3.63) is 53.9 Å². The van der Waals surface area contributed by atoms with Crippen molar-refractivity contribution < 1.29 is 19.4 Å². The lowest BCUT2D eigenvalue weighted by Gasteiger charge is -2.14. The first-order chi connectivity index (χ1) is 10.5. The van der Waals surface area contributed by atoms with Gasteiger partial charge in [-0.25, -0.2) is 9.59 Å². The highest BCUT2D eigenvalue weighted by molar-refractivity contribution is 5.79. The van der Waals surface area contributed by atoms with Crippen LogP contribution >= 0.6 is 0 Å². The minimum Gasteiger partial charge on any atom is -0.480 e. The van der Waals surface area contributed by atoms with Gasteiger partial charge in [0.05, 0.1) is 12.7 Å². The number of carbonyl (C=O) groups is 2. The van der Waals surface area contributed by atoms with Crippen LogP contribution in [-0.2, 0) is 22.7 Å². The maximum absolute atomic E-state index is 11.7. The number of rotatable bonds is 6. The van der Waals surface area contributed by atoms with Gasteiger partial charge in [-0.1, -0.05) is 30.3 Å².